The van der Waals surface area contributed by atoms with Crippen LogP contribution < -0.4 is 0 Å². The molecule has 14 heavy (non-hydrogen) atoms. The molecule has 0 aromatic heterocycles. The molecular formula is C10H24O4. The maximum absolute atomic E-state index is 4.87. The third kappa shape index (κ3) is 14.4. The molecule has 4 heteroatoms. The van der Waals surface area contributed by atoms with Crippen LogP contribution in [-0.4, -0.2) is 53.9 Å². The van der Waals surface area contributed by atoms with E-state index in [1.165, 1.54) is 0 Å². The van der Waals surface area contributed by atoms with Crippen LogP contribution >= 0.6 is 0 Å². The second kappa shape index (κ2) is 12.8. The smallest absolute Gasteiger partial charge is 0.0776 e. The van der Waals surface area contributed by atoms with E-state index in [2.05, 4.69) is 0 Å². The van der Waals surface area contributed by atoms with Crippen LogP contribution in [0.4, 0.5) is 0 Å². The highest BCUT2D eigenvalue weighted by molar-refractivity contribution is 4.41. The molecule has 0 N–H and O–H groups in total. The van der Waals surface area contributed by atoms with Gasteiger partial charge in [-0.1, -0.05) is 0 Å². The molecule has 0 spiro atoms. The molecule has 0 rings (SSSR count). The number of ether oxygens (including phenoxy) is 4. The van der Waals surface area contributed by atoms with Gasteiger partial charge in [0.15, 0.2) is 0 Å². The van der Waals surface area contributed by atoms with Crippen LogP contribution in [0.3, 0.4) is 0 Å². The summed E-state index contributed by atoms with van der Waals surface area (Å²) in [6, 6.07) is 0. The molecule has 0 aliphatic carbocycles. The zero-order valence-electron chi connectivity index (χ0n) is 10.2. The van der Waals surface area contributed by atoms with E-state index in [-0.39, 0.29) is 12.2 Å². The Bertz CT molecular complexity index is 86.1. The summed E-state index contributed by atoms with van der Waals surface area (Å²) in [5, 5.41) is 0. The molecule has 2 atom stereocenters. The van der Waals surface area contributed by atoms with Crippen molar-refractivity contribution in [1.29, 1.82) is 0 Å². The summed E-state index contributed by atoms with van der Waals surface area (Å²) in [6.45, 7) is 5.28. The van der Waals surface area contributed by atoms with Crippen LogP contribution in [0.15, 0.2) is 0 Å². The molecule has 0 aromatic carbocycles. The average molecular weight is 208 g/mol. The number of hydrogen-bond donors (Lipinski definition) is 0. The van der Waals surface area contributed by atoms with Gasteiger partial charge in [-0.15, -0.1) is 0 Å². The zero-order valence-corrected chi connectivity index (χ0v) is 10.2. The van der Waals surface area contributed by atoms with Crippen LogP contribution in [0.5, 0.6) is 0 Å². The first-order valence-electron chi connectivity index (χ1n) is 4.65. The van der Waals surface area contributed by atoms with Gasteiger partial charge in [-0.05, 0) is 13.8 Å². The van der Waals surface area contributed by atoms with Crippen LogP contribution in [-0.2, 0) is 18.9 Å². The van der Waals surface area contributed by atoms with E-state index in [1.807, 2.05) is 13.8 Å². The Hall–Kier alpha value is -0.160. The van der Waals surface area contributed by atoms with Crippen LogP contribution in [0, 0.1) is 0 Å². The van der Waals surface area contributed by atoms with Gasteiger partial charge < -0.3 is 18.9 Å². The Morgan fingerprint density at radius 1 is 0.714 bits per heavy atom. The molecule has 0 aliphatic heterocycles. The Labute approximate surface area is 87.5 Å². The normalized spacial score (nSPS) is 14.1. The minimum Gasteiger partial charge on any atom is -0.382 e. The maximum atomic E-state index is 4.87. The topological polar surface area (TPSA) is 36.9 Å². The van der Waals surface area contributed by atoms with Crippen molar-refractivity contribution in [2.75, 3.05) is 41.7 Å². The second-order valence-corrected chi connectivity index (χ2v) is 3.00. The molecule has 0 fully saturated rings. The van der Waals surface area contributed by atoms with Gasteiger partial charge in [-0.2, -0.15) is 0 Å². The number of hydrogen-bond acceptors (Lipinski definition) is 4. The summed E-state index contributed by atoms with van der Waals surface area (Å²) in [7, 11) is 6.67. The van der Waals surface area contributed by atoms with Crippen LogP contribution in [0.1, 0.15) is 13.8 Å². The fraction of sp³-hybridized carbons (Fsp3) is 1.00. The van der Waals surface area contributed by atoms with Gasteiger partial charge in [0.2, 0.25) is 0 Å². The summed E-state index contributed by atoms with van der Waals surface area (Å²) in [5.74, 6) is 0. The molecule has 2 unspecified atom stereocenters. The van der Waals surface area contributed by atoms with E-state index in [0.717, 1.165) is 0 Å². The molecule has 0 heterocycles. The van der Waals surface area contributed by atoms with Crippen molar-refractivity contribution in [3.63, 3.8) is 0 Å². The molecule has 0 saturated carbocycles. The monoisotopic (exact) mass is 208 g/mol. The minimum atomic E-state index is 0.227. The predicted octanol–water partition coefficient (Wildman–Crippen LogP) is 1.34. The lowest BCUT2D eigenvalue weighted by Gasteiger charge is -2.05. The molecule has 4 nitrogen and oxygen atoms in total. The van der Waals surface area contributed by atoms with Crippen LogP contribution in [0.2, 0.25) is 0 Å². The lowest BCUT2D eigenvalue weighted by atomic mass is 10.4. The van der Waals surface area contributed by atoms with Gasteiger partial charge in [-0.25, -0.2) is 0 Å². The highest BCUT2D eigenvalue weighted by Crippen LogP contribution is 1.85. The van der Waals surface area contributed by atoms with Crippen molar-refractivity contribution in [3.05, 3.63) is 0 Å². The van der Waals surface area contributed by atoms with Crippen molar-refractivity contribution in [2.45, 2.75) is 26.1 Å². The van der Waals surface area contributed by atoms with Crippen molar-refractivity contribution < 1.29 is 18.9 Å². The molecule has 0 saturated heterocycles. The van der Waals surface area contributed by atoms with Gasteiger partial charge in [0.25, 0.3) is 0 Å². The van der Waals surface area contributed by atoms with E-state index in [1.54, 1.807) is 28.4 Å². The van der Waals surface area contributed by atoms with Crippen molar-refractivity contribution in [3.8, 4) is 0 Å². The van der Waals surface area contributed by atoms with Crippen molar-refractivity contribution >= 4 is 0 Å². The fourth-order valence-electron chi connectivity index (χ4n) is 0.605. The van der Waals surface area contributed by atoms with Crippen molar-refractivity contribution in [2.24, 2.45) is 0 Å². The van der Waals surface area contributed by atoms with Gasteiger partial charge in [0, 0.05) is 28.4 Å². The summed E-state index contributed by atoms with van der Waals surface area (Å²) in [4.78, 5) is 0. The molecule has 88 valence electrons. The fourth-order valence-corrected chi connectivity index (χ4v) is 0.605. The van der Waals surface area contributed by atoms with Crippen LogP contribution in [0.25, 0.3) is 0 Å². The quantitative estimate of drug-likeness (QED) is 0.660. The van der Waals surface area contributed by atoms with Crippen molar-refractivity contribution in [1.82, 2.24) is 0 Å². The highest BCUT2D eigenvalue weighted by Gasteiger charge is 1.93. The molecule has 0 bridgehead atoms. The molecule has 0 aromatic rings. The average Bonchev–Trinajstić information content (AvgIpc) is 2.19. The van der Waals surface area contributed by atoms with E-state index in [4.69, 9.17) is 18.9 Å². The Balaban J connectivity index is 0. The highest BCUT2D eigenvalue weighted by atomic mass is 16.5. The predicted molar refractivity (Wildman–Crippen MR) is 56.7 cm³/mol. The SMILES string of the molecule is COCC(C)OC.COCC(C)OC. The van der Waals surface area contributed by atoms with E-state index in [0.29, 0.717) is 13.2 Å². The maximum Gasteiger partial charge on any atom is 0.0776 e. The molecule has 0 radical (unpaired) electrons. The summed E-state index contributed by atoms with van der Waals surface area (Å²) < 4.78 is 19.3. The molecule has 0 amide bonds. The zero-order chi connectivity index (χ0) is 11.4. The lowest BCUT2D eigenvalue weighted by Crippen LogP contribution is -2.11. The Morgan fingerprint density at radius 3 is 1.07 bits per heavy atom. The third-order valence-electron chi connectivity index (χ3n) is 1.61. The Kier molecular flexibility index (Phi) is 14.9. The van der Waals surface area contributed by atoms with Gasteiger partial charge in [0.1, 0.15) is 0 Å². The largest absolute Gasteiger partial charge is 0.382 e. The number of rotatable bonds is 6. The summed E-state index contributed by atoms with van der Waals surface area (Å²) in [6.07, 6.45) is 0.454. The lowest BCUT2D eigenvalue weighted by molar-refractivity contribution is 0.0401. The number of methoxy groups -OCH3 is 4. The first-order valence-corrected chi connectivity index (χ1v) is 4.65. The van der Waals surface area contributed by atoms with Gasteiger partial charge in [-0.3, -0.25) is 0 Å². The second-order valence-electron chi connectivity index (χ2n) is 3.00. The standard InChI is InChI=1S/2C5H12O2/c2*1-5(7-3)4-6-2/h2*5H,4H2,1-3H3. The van der Waals surface area contributed by atoms with E-state index < -0.39 is 0 Å². The molecule has 0 aliphatic rings. The summed E-state index contributed by atoms with van der Waals surface area (Å²) in [5.41, 5.74) is 0. The van der Waals surface area contributed by atoms with E-state index in [9.17, 15) is 0 Å². The van der Waals surface area contributed by atoms with Gasteiger partial charge >= 0.3 is 0 Å². The first kappa shape index (κ1) is 16.3. The summed E-state index contributed by atoms with van der Waals surface area (Å²) >= 11 is 0. The minimum absolute atomic E-state index is 0.227. The van der Waals surface area contributed by atoms with E-state index >= 15 is 0 Å². The van der Waals surface area contributed by atoms with Gasteiger partial charge in [0.05, 0.1) is 25.4 Å². The Morgan fingerprint density at radius 2 is 1.00 bits per heavy atom. The molecular weight excluding hydrogens is 184 g/mol. The third-order valence-corrected chi connectivity index (χ3v) is 1.61. The first-order chi connectivity index (χ1) is 6.62.